The van der Waals surface area contributed by atoms with E-state index in [9.17, 15) is 0 Å². The van der Waals surface area contributed by atoms with E-state index in [1.807, 2.05) is 17.8 Å². The molecule has 1 N–H and O–H groups in total. The molecule has 1 heterocycles. The van der Waals surface area contributed by atoms with Crippen molar-refractivity contribution in [2.45, 2.75) is 17.7 Å². The number of thioether (sulfide) groups is 1. The molecular weight excluding hydrogens is 242 g/mol. The second kappa shape index (κ2) is 7.49. The quantitative estimate of drug-likeness (QED) is 0.623. The topological polar surface area (TPSA) is 21.3 Å². The first-order chi connectivity index (χ1) is 8.90. The highest BCUT2D eigenvalue weighted by atomic mass is 32.2. The van der Waals surface area contributed by atoms with Crippen molar-refractivity contribution in [3.8, 4) is 0 Å². The smallest absolute Gasteiger partial charge is 0.0478 e. The van der Waals surface area contributed by atoms with Gasteiger partial charge in [-0.15, -0.1) is 18.3 Å². The van der Waals surface area contributed by atoms with Gasteiger partial charge in [0.15, 0.2) is 0 Å². The zero-order valence-corrected chi connectivity index (χ0v) is 11.5. The number of anilines is 1. The molecule has 2 nitrogen and oxygen atoms in total. The molecule has 0 aliphatic carbocycles. The summed E-state index contributed by atoms with van der Waals surface area (Å²) in [5.41, 5.74) is 1.25. The van der Waals surface area contributed by atoms with Crippen LogP contribution in [0.3, 0.4) is 0 Å². The van der Waals surface area contributed by atoms with Gasteiger partial charge in [-0.2, -0.15) is 0 Å². The Morgan fingerprint density at radius 1 is 1.33 bits per heavy atom. The van der Waals surface area contributed by atoms with Crippen LogP contribution in [0, 0.1) is 5.92 Å². The maximum absolute atomic E-state index is 5.39. The average Bonchev–Trinajstić information content (AvgIpc) is 2.45. The number of rotatable bonds is 6. The van der Waals surface area contributed by atoms with Crippen molar-refractivity contribution in [3.05, 3.63) is 36.9 Å². The van der Waals surface area contributed by atoms with Crippen LogP contribution in [0.15, 0.2) is 41.8 Å². The molecule has 0 spiro atoms. The molecule has 1 aromatic rings. The molecule has 0 atom stereocenters. The Bertz CT molecular complexity index is 375. The number of para-hydroxylation sites is 1. The van der Waals surface area contributed by atoms with Crippen LogP contribution in [0.25, 0.3) is 0 Å². The van der Waals surface area contributed by atoms with Gasteiger partial charge in [-0.3, -0.25) is 0 Å². The lowest BCUT2D eigenvalue weighted by Crippen LogP contribution is -2.22. The molecule has 0 bridgehead atoms. The first-order valence-corrected chi connectivity index (χ1v) is 7.53. The monoisotopic (exact) mass is 263 g/mol. The minimum atomic E-state index is 0.746. The summed E-state index contributed by atoms with van der Waals surface area (Å²) in [5.74, 6) is 1.70. The van der Waals surface area contributed by atoms with Crippen LogP contribution in [0.1, 0.15) is 12.8 Å². The molecule has 1 saturated heterocycles. The Balaban J connectivity index is 1.88. The van der Waals surface area contributed by atoms with E-state index in [2.05, 4.69) is 36.2 Å². The zero-order valence-electron chi connectivity index (χ0n) is 10.7. The van der Waals surface area contributed by atoms with Gasteiger partial charge in [0, 0.05) is 36.1 Å². The van der Waals surface area contributed by atoms with Gasteiger partial charge >= 0.3 is 0 Å². The third-order valence-electron chi connectivity index (χ3n) is 3.17. The Hall–Kier alpha value is -0.930. The van der Waals surface area contributed by atoms with Gasteiger partial charge in [0.1, 0.15) is 0 Å². The minimum absolute atomic E-state index is 0.746. The molecule has 0 amide bonds. The Labute approximate surface area is 114 Å². The van der Waals surface area contributed by atoms with Gasteiger partial charge < -0.3 is 10.1 Å². The summed E-state index contributed by atoms with van der Waals surface area (Å²) in [6, 6.07) is 8.50. The van der Waals surface area contributed by atoms with Crippen LogP contribution < -0.4 is 5.32 Å². The fourth-order valence-corrected chi connectivity index (χ4v) is 2.86. The molecule has 18 heavy (non-hydrogen) atoms. The summed E-state index contributed by atoms with van der Waals surface area (Å²) in [7, 11) is 0. The number of benzene rings is 1. The largest absolute Gasteiger partial charge is 0.384 e. The molecular formula is C15H21NOS. The normalized spacial score (nSPS) is 16.4. The molecule has 0 saturated carbocycles. The summed E-state index contributed by atoms with van der Waals surface area (Å²) in [4.78, 5) is 1.31. The van der Waals surface area contributed by atoms with Crippen molar-refractivity contribution in [3.63, 3.8) is 0 Å². The van der Waals surface area contributed by atoms with Crippen LogP contribution in [0.4, 0.5) is 5.69 Å². The zero-order chi connectivity index (χ0) is 12.6. The van der Waals surface area contributed by atoms with Crippen molar-refractivity contribution < 1.29 is 4.74 Å². The van der Waals surface area contributed by atoms with Gasteiger partial charge in [0.25, 0.3) is 0 Å². The van der Waals surface area contributed by atoms with Crippen LogP contribution in [0.5, 0.6) is 0 Å². The molecule has 1 aliphatic heterocycles. The molecule has 98 valence electrons. The Morgan fingerprint density at radius 2 is 2.11 bits per heavy atom. The van der Waals surface area contributed by atoms with Crippen LogP contribution in [0.2, 0.25) is 0 Å². The molecule has 0 unspecified atom stereocenters. The van der Waals surface area contributed by atoms with E-state index in [0.717, 1.165) is 31.4 Å². The second-order valence-electron chi connectivity index (χ2n) is 4.53. The van der Waals surface area contributed by atoms with Gasteiger partial charge in [-0.05, 0) is 30.9 Å². The van der Waals surface area contributed by atoms with Crippen molar-refractivity contribution in [2.24, 2.45) is 5.92 Å². The van der Waals surface area contributed by atoms with E-state index in [1.165, 1.54) is 23.4 Å². The summed E-state index contributed by atoms with van der Waals surface area (Å²) in [6.07, 6.45) is 4.30. The lowest BCUT2D eigenvalue weighted by molar-refractivity contribution is 0.0699. The summed E-state index contributed by atoms with van der Waals surface area (Å²) >= 11 is 1.83. The summed E-state index contributed by atoms with van der Waals surface area (Å²) in [5, 5.41) is 3.58. The van der Waals surface area contributed by atoms with E-state index in [4.69, 9.17) is 4.74 Å². The Kier molecular flexibility index (Phi) is 5.62. The number of nitrogens with one attached hydrogen (secondary N) is 1. The second-order valence-corrected chi connectivity index (χ2v) is 5.59. The maximum Gasteiger partial charge on any atom is 0.0478 e. The lowest BCUT2D eigenvalue weighted by Gasteiger charge is -2.23. The Morgan fingerprint density at radius 3 is 2.89 bits per heavy atom. The molecule has 0 radical (unpaired) electrons. The standard InChI is InChI=1S/C15H21NOS/c1-2-11-18-15-6-4-3-5-14(15)16-12-13-7-9-17-10-8-13/h2-6,13,16H,1,7-12H2. The van der Waals surface area contributed by atoms with E-state index in [0.29, 0.717) is 0 Å². The minimum Gasteiger partial charge on any atom is -0.384 e. The van der Waals surface area contributed by atoms with Crippen LogP contribution in [-0.4, -0.2) is 25.5 Å². The van der Waals surface area contributed by atoms with Crippen molar-refractivity contribution >= 4 is 17.4 Å². The highest BCUT2D eigenvalue weighted by Crippen LogP contribution is 2.27. The predicted octanol–water partition coefficient (Wildman–Crippen LogP) is 3.80. The lowest BCUT2D eigenvalue weighted by atomic mass is 10.0. The van der Waals surface area contributed by atoms with Crippen LogP contribution >= 0.6 is 11.8 Å². The summed E-state index contributed by atoms with van der Waals surface area (Å²) < 4.78 is 5.39. The fourth-order valence-electron chi connectivity index (χ4n) is 2.09. The first-order valence-electron chi connectivity index (χ1n) is 6.54. The summed E-state index contributed by atoms with van der Waals surface area (Å²) in [6.45, 7) is 6.65. The predicted molar refractivity (Wildman–Crippen MR) is 79.4 cm³/mol. The number of hydrogen-bond acceptors (Lipinski definition) is 3. The highest BCUT2D eigenvalue weighted by Gasteiger charge is 2.13. The molecule has 0 aromatic heterocycles. The SMILES string of the molecule is C=CCSc1ccccc1NCC1CCOCC1. The number of hydrogen-bond donors (Lipinski definition) is 1. The first kappa shape index (κ1) is 13.5. The number of ether oxygens (including phenoxy) is 1. The van der Waals surface area contributed by atoms with Crippen molar-refractivity contribution in [1.29, 1.82) is 0 Å². The highest BCUT2D eigenvalue weighted by molar-refractivity contribution is 7.99. The third kappa shape index (κ3) is 4.07. The van der Waals surface area contributed by atoms with Gasteiger partial charge in [0.05, 0.1) is 0 Å². The molecule has 2 rings (SSSR count). The van der Waals surface area contributed by atoms with E-state index >= 15 is 0 Å². The van der Waals surface area contributed by atoms with E-state index < -0.39 is 0 Å². The molecule has 1 fully saturated rings. The van der Waals surface area contributed by atoms with E-state index in [-0.39, 0.29) is 0 Å². The molecule has 1 aliphatic rings. The molecule has 3 heteroatoms. The maximum atomic E-state index is 5.39. The van der Waals surface area contributed by atoms with Crippen molar-refractivity contribution in [2.75, 3.05) is 30.8 Å². The van der Waals surface area contributed by atoms with E-state index in [1.54, 1.807) is 0 Å². The third-order valence-corrected chi connectivity index (χ3v) is 4.24. The van der Waals surface area contributed by atoms with Gasteiger partial charge in [0.2, 0.25) is 0 Å². The fraction of sp³-hybridized carbons (Fsp3) is 0.467. The molecule has 1 aromatic carbocycles. The average molecular weight is 263 g/mol. The van der Waals surface area contributed by atoms with Crippen molar-refractivity contribution in [1.82, 2.24) is 0 Å². The van der Waals surface area contributed by atoms with Crippen LogP contribution in [-0.2, 0) is 4.74 Å². The van der Waals surface area contributed by atoms with Gasteiger partial charge in [-0.1, -0.05) is 18.2 Å². The van der Waals surface area contributed by atoms with Gasteiger partial charge in [-0.25, -0.2) is 0 Å².